The molecule has 1 aliphatic carbocycles. The second-order valence-electron chi connectivity index (χ2n) is 6.10. The summed E-state index contributed by atoms with van der Waals surface area (Å²) in [4.78, 5) is 14.2. The van der Waals surface area contributed by atoms with Crippen molar-refractivity contribution >= 4 is 5.91 Å². The number of carbonyl (C=O) groups excluding carboxylic acids is 1. The number of fused-ring (bicyclic) bond motifs is 1. The molecule has 0 unspecified atom stereocenters. The molecule has 17 heavy (non-hydrogen) atoms. The summed E-state index contributed by atoms with van der Waals surface area (Å²) >= 11 is 0. The van der Waals surface area contributed by atoms with Gasteiger partial charge in [0.05, 0.1) is 0 Å². The Bertz CT molecular complexity index is 274. The van der Waals surface area contributed by atoms with Crippen LogP contribution < -0.4 is 5.32 Å². The van der Waals surface area contributed by atoms with Crippen LogP contribution in [0.2, 0.25) is 0 Å². The molecule has 3 fully saturated rings. The first-order valence-electron chi connectivity index (χ1n) is 7.34. The van der Waals surface area contributed by atoms with E-state index in [0.717, 1.165) is 44.3 Å². The molecular formula is C14H24N2O. The molecule has 1 amide bonds. The molecular weight excluding hydrogens is 212 g/mol. The zero-order valence-electron chi connectivity index (χ0n) is 10.7. The molecule has 2 saturated heterocycles. The van der Waals surface area contributed by atoms with Crippen molar-refractivity contribution in [2.45, 2.75) is 51.0 Å². The molecule has 2 heterocycles. The van der Waals surface area contributed by atoms with Gasteiger partial charge >= 0.3 is 0 Å². The molecule has 0 radical (unpaired) electrons. The van der Waals surface area contributed by atoms with Crippen molar-refractivity contribution in [3.63, 3.8) is 0 Å². The molecule has 3 nitrogen and oxygen atoms in total. The summed E-state index contributed by atoms with van der Waals surface area (Å²) in [6.45, 7) is 3.13. The zero-order valence-corrected chi connectivity index (χ0v) is 10.7. The van der Waals surface area contributed by atoms with Gasteiger partial charge in [-0.25, -0.2) is 0 Å². The van der Waals surface area contributed by atoms with Crippen LogP contribution in [0.25, 0.3) is 0 Å². The van der Waals surface area contributed by atoms with E-state index in [9.17, 15) is 4.79 Å². The van der Waals surface area contributed by atoms with Crippen molar-refractivity contribution in [3.05, 3.63) is 0 Å². The van der Waals surface area contributed by atoms with E-state index in [2.05, 4.69) is 10.2 Å². The minimum absolute atomic E-state index is 0.410. The molecule has 3 heteroatoms. The highest BCUT2D eigenvalue weighted by Gasteiger charge is 2.37. The molecule has 0 aromatic rings. The normalized spacial score (nSPS) is 33.3. The number of hydrogen-bond acceptors (Lipinski definition) is 2. The molecule has 3 aliphatic rings. The van der Waals surface area contributed by atoms with E-state index in [4.69, 9.17) is 0 Å². The smallest absolute Gasteiger partial charge is 0.222 e. The van der Waals surface area contributed by atoms with Gasteiger partial charge in [-0.2, -0.15) is 0 Å². The van der Waals surface area contributed by atoms with Crippen LogP contribution in [-0.4, -0.2) is 36.5 Å². The minimum Gasteiger partial charge on any atom is -0.341 e. The van der Waals surface area contributed by atoms with Crippen LogP contribution in [0.1, 0.15) is 44.9 Å². The lowest BCUT2D eigenvalue weighted by Crippen LogP contribution is -2.34. The van der Waals surface area contributed by atoms with Gasteiger partial charge < -0.3 is 10.2 Å². The van der Waals surface area contributed by atoms with Gasteiger partial charge in [-0.15, -0.1) is 0 Å². The average molecular weight is 236 g/mol. The minimum atomic E-state index is 0.410. The van der Waals surface area contributed by atoms with Gasteiger partial charge in [-0.1, -0.05) is 25.7 Å². The fourth-order valence-corrected chi connectivity index (χ4v) is 3.84. The number of amides is 1. The first-order chi connectivity index (χ1) is 8.33. The first kappa shape index (κ1) is 11.5. The monoisotopic (exact) mass is 236 g/mol. The molecule has 96 valence electrons. The predicted molar refractivity (Wildman–Crippen MR) is 67.7 cm³/mol. The number of hydrogen-bond donors (Lipinski definition) is 1. The fraction of sp³-hybridized carbons (Fsp3) is 0.929. The SMILES string of the molecule is O=C(CCC1CCCC1)N1C[C@@H]2CCN[C@@H]2C1. The van der Waals surface area contributed by atoms with Crippen LogP contribution in [0.15, 0.2) is 0 Å². The molecule has 2 atom stereocenters. The molecule has 3 rings (SSSR count). The van der Waals surface area contributed by atoms with Gasteiger partial charge in [0.2, 0.25) is 5.91 Å². The van der Waals surface area contributed by atoms with E-state index >= 15 is 0 Å². The van der Waals surface area contributed by atoms with Crippen LogP contribution in [0.5, 0.6) is 0 Å². The van der Waals surface area contributed by atoms with Crippen LogP contribution in [-0.2, 0) is 4.79 Å². The topological polar surface area (TPSA) is 32.3 Å². The van der Waals surface area contributed by atoms with Gasteiger partial charge in [0.1, 0.15) is 0 Å². The fourth-order valence-electron chi connectivity index (χ4n) is 3.84. The Labute approximate surface area is 104 Å². The van der Waals surface area contributed by atoms with Crippen LogP contribution in [0.3, 0.4) is 0 Å². The number of rotatable bonds is 3. The molecule has 0 aromatic carbocycles. The third-order valence-corrected chi connectivity index (χ3v) is 4.96. The molecule has 1 saturated carbocycles. The lowest BCUT2D eigenvalue weighted by atomic mass is 10.0. The van der Waals surface area contributed by atoms with Crippen molar-refractivity contribution < 1.29 is 4.79 Å². The Balaban J connectivity index is 1.43. The van der Waals surface area contributed by atoms with E-state index in [0.29, 0.717) is 11.9 Å². The van der Waals surface area contributed by atoms with Gasteiger partial charge in [0.25, 0.3) is 0 Å². The highest BCUT2D eigenvalue weighted by Crippen LogP contribution is 2.30. The maximum Gasteiger partial charge on any atom is 0.222 e. The molecule has 0 spiro atoms. The lowest BCUT2D eigenvalue weighted by Gasteiger charge is -2.18. The van der Waals surface area contributed by atoms with Crippen molar-refractivity contribution in [2.75, 3.05) is 19.6 Å². The van der Waals surface area contributed by atoms with Crippen LogP contribution in [0.4, 0.5) is 0 Å². The van der Waals surface area contributed by atoms with Crippen molar-refractivity contribution in [2.24, 2.45) is 11.8 Å². The second kappa shape index (κ2) is 4.97. The van der Waals surface area contributed by atoms with Crippen molar-refractivity contribution in [1.82, 2.24) is 10.2 Å². The standard InChI is InChI=1S/C14H24N2O/c17-14(6-5-11-3-1-2-4-11)16-9-12-7-8-15-13(12)10-16/h11-13,15H,1-10H2/t12-,13+/m0/s1. The van der Waals surface area contributed by atoms with Gasteiger partial charge in [-0.05, 0) is 31.2 Å². The summed E-state index contributed by atoms with van der Waals surface area (Å²) in [6, 6.07) is 0.602. The van der Waals surface area contributed by atoms with E-state index in [-0.39, 0.29) is 0 Å². The average Bonchev–Trinajstić information content (AvgIpc) is 3.01. The second-order valence-corrected chi connectivity index (χ2v) is 6.10. The molecule has 0 aromatic heterocycles. The molecule has 2 aliphatic heterocycles. The van der Waals surface area contributed by atoms with Gasteiger partial charge in [-0.3, -0.25) is 4.79 Å². The lowest BCUT2D eigenvalue weighted by molar-refractivity contribution is -0.130. The highest BCUT2D eigenvalue weighted by molar-refractivity contribution is 5.76. The quantitative estimate of drug-likeness (QED) is 0.810. The Morgan fingerprint density at radius 1 is 1.18 bits per heavy atom. The van der Waals surface area contributed by atoms with E-state index < -0.39 is 0 Å². The van der Waals surface area contributed by atoms with Crippen LogP contribution >= 0.6 is 0 Å². The van der Waals surface area contributed by atoms with Crippen molar-refractivity contribution in [1.29, 1.82) is 0 Å². The van der Waals surface area contributed by atoms with E-state index in [1.165, 1.54) is 32.1 Å². The molecule has 1 N–H and O–H groups in total. The van der Waals surface area contributed by atoms with Crippen LogP contribution in [0, 0.1) is 11.8 Å². The number of likely N-dealkylation sites (tertiary alicyclic amines) is 1. The summed E-state index contributed by atoms with van der Waals surface area (Å²) in [5, 5.41) is 3.51. The zero-order chi connectivity index (χ0) is 11.7. The maximum atomic E-state index is 12.1. The molecule has 0 bridgehead atoms. The Kier molecular flexibility index (Phi) is 3.37. The third kappa shape index (κ3) is 2.49. The van der Waals surface area contributed by atoms with Gasteiger partial charge in [0.15, 0.2) is 0 Å². The first-order valence-corrected chi connectivity index (χ1v) is 7.34. The summed E-state index contributed by atoms with van der Waals surface area (Å²) in [5.41, 5.74) is 0. The maximum absolute atomic E-state index is 12.1. The largest absolute Gasteiger partial charge is 0.341 e. The summed E-state index contributed by atoms with van der Waals surface area (Å²) in [6.07, 6.45) is 8.69. The number of carbonyl (C=O) groups is 1. The third-order valence-electron chi connectivity index (χ3n) is 4.96. The highest BCUT2D eigenvalue weighted by atomic mass is 16.2. The Hall–Kier alpha value is -0.570. The summed E-state index contributed by atoms with van der Waals surface area (Å²) in [7, 11) is 0. The number of nitrogens with one attached hydrogen (secondary N) is 1. The van der Waals surface area contributed by atoms with Gasteiger partial charge in [0, 0.05) is 25.6 Å². The summed E-state index contributed by atoms with van der Waals surface area (Å²) < 4.78 is 0. The Morgan fingerprint density at radius 2 is 2.00 bits per heavy atom. The van der Waals surface area contributed by atoms with E-state index in [1.807, 2.05) is 0 Å². The predicted octanol–water partition coefficient (Wildman–Crippen LogP) is 1.78. The summed E-state index contributed by atoms with van der Waals surface area (Å²) in [5.74, 6) is 2.00. The van der Waals surface area contributed by atoms with Crippen molar-refractivity contribution in [3.8, 4) is 0 Å². The number of nitrogens with zero attached hydrogens (tertiary/aromatic N) is 1. The van der Waals surface area contributed by atoms with E-state index in [1.54, 1.807) is 0 Å². The Morgan fingerprint density at radius 3 is 2.76 bits per heavy atom.